The van der Waals surface area contributed by atoms with Gasteiger partial charge in [0, 0.05) is 17.6 Å². The topological polar surface area (TPSA) is 80.7 Å². The molecule has 7 heteroatoms. The molecule has 0 aromatic carbocycles. The SMILES string of the molecule is C=C.C=COC(C)=O.O=S(=O)(O)Cl. The second-order valence-electron chi connectivity index (χ2n) is 1.19. The Hall–Kier alpha value is -0.850. The van der Waals surface area contributed by atoms with E-state index in [-0.39, 0.29) is 5.97 Å². The van der Waals surface area contributed by atoms with Crippen LogP contribution in [0.25, 0.3) is 0 Å². The van der Waals surface area contributed by atoms with Crippen LogP contribution in [0, 0.1) is 0 Å². The highest BCUT2D eigenvalue weighted by atomic mass is 35.7. The Kier molecular flexibility index (Phi) is 15.5. The smallest absolute Gasteiger partial charge is 0.353 e. The Morgan fingerprint density at radius 2 is 1.77 bits per heavy atom. The first-order valence-electron chi connectivity index (χ1n) is 2.72. The van der Waals surface area contributed by atoms with Gasteiger partial charge >= 0.3 is 15.3 Å². The lowest BCUT2D eigenvalue weighted by Crippen LogP contribution is -1.87. The molecular formula is C6H11ClO5S. The molecule has 5 nitrogen and oxygen atoms in total. The minimum Gasteiger partial charge on any atom is -0.435 e. The van der Waals surface area contributed by atoms with Crippen molar-refractivity contribution in [2.75, 3.05) is 0 Å². The first-order chi connectivity index (χ1) is 5.77. The van der Waals surface area contributed by atoms with Gasteiger partial charge in [-0.1, -0.05) is 6.58 Å². The van der Waals surface area contributed by atoms with E-state index in [1.165, 1.54) is 6.92 Å². The van der Waals surface area contributed by atoms with Gasteiger partial charge in [-0.25, -0.2) is 0 Å². The van der Waals surface area contributed by atoms with Crippen LogP contribution in [0.15, 0.2) is 26.0 Å². The highest BCUT2D eigenvalue weighted by molar-refractivity contribution is 8.09. The van der Waals surface area contributed by atoms with Gasteiger partial charge in [0.15, 0.2) is 0 Å². The van der Waals surface area contributed by atoms with Gasteiger partial charge < -0.3 is 4.74 Å². The van der Waals surface area contributed by atoms with Crippen molar-refractivity contribution in [3.8, 4) is 0 Å². The average molecular weight is 231 g/mol. The van der Waals surface area contributed by atoms with E-state index in [2.05, 4.69) is 35.2 Å². The molecular weight excluding hydrogens is 220 g/mol. The van der Waals surface area contributed by atoms with Gasteiger partial charge in [-0.05, 0) is 0 Å². The summed E-state index contributed by atoms with van der Waals surface area (Å²) in [4.78, 5) is 9.75. The van der Waals surface area contributed by atoms with E-state index in [0.29, 0.717) is 0 Å². The summed E-state index contributed by atoms with van der Waals surface area (Å²) < 4.78 is 29.3. The molecule has 1 N–H and O–H groups in total. The maximum atomic E-state index is 9.75. The first kappa shape index (κ1) is 18.0. The second kappa shape index (κ2) is 11.2. The number of hydrogen-bond acceptors (Lipinski definition) is 4. The molecule has 0 saturated carbocycles. The fourth-order valence-electron chi connectivity index (χ4n) is 0.117. The van der Waals surface area contributed by atoms with E-state index in [4.69, 9.17) is 13.0 Å². The molecule has 0 saturated heterocycles. The van der Waals surface area contributed by atoms with Crippen LogP contribution in [-0.2, 0) is 18.9 Å². The predicted octanol–water partition coefficient (Wildman–Crippen LogP) is 1.52. The molecule has 0 unspecified atom stereocenters. The molecule has 0 fully saturated rings. The second-order valence-corrected chi connectivity index (χ2v) is 3.18. The summed E-state index contributed by atoms with van der Waals surface area (Å²) in [7, 11) is -0.137. The zero-order chi connectivity index (χ0) is 11.5. The average Bonchev–Trinajstić information content (AvgIpc) is 1.87. The van der Waals surface area contributed by atoms with Crippen LogP contribution in [0.5, 0.6) is 0 Å². The third kappa shape index (κ3) is 202. The van der Waals surface area contributed by atoms with Gasteiger partial charge in [0.2, 0.25) is 0 Å². The van der Waals surface area contributed by atoms with Gasteiger partial charge in [-0.2, -0.15) is 8.42 Å². The van der Waals surface area contributed by atoms with E-state index >= 15 is 0 Å². The molecule has 13 heavy (non-hydrogen) atoms. The van der Waals surface area contributed by atoms with Crippen molar-refractivity contribution in [1.82, 2.24) is 0 Å². The van der Waals surface area contributed by atoms with E-state index in [1.54, 1.807) is 0 Å². The van der Waals surface area contributed by atoms with Crippen molar-refractivity contribution < 1.29 is 22.5 Å². The van der Waals surface area contributed by atoms with Gasteiger partial charge in [0.25, 0.3) is 0 Å². The third-order valence-corrected chi connectivity index (χ3v) is 0.249. The number of ether oxygens (including phenoxy) is 1. The summed E-state index contributed by atoms with van der Waals surface area (Å²) in [6, 6.07) is 0. The largest absolute Gasteiger partial charge is 0.435 e. The molecule has 0 rings (SSSR count). The molecule has 0 bridgehead atoms. The van der Waals surface area contributed by atoms with Gasteiger partial charge in [-0.15, -0.1) is 13.2 Å². The molecule has 0 aliphatic heterocycles. The lowest BCUT2D eigenvalue weighted by Gasteiger charge is -1.83. The van der Waals surface area contributed by atoms with Crippen LogP contribution in [0.1, 0.15) is 6.92 Å². The molecule has 0 aromatic rings. The first-order valence-corrected chi connectivity index (χ1v) is 4.99. The molecule has 0 amide bonds. The van der Waals surface area contributed by atoms with Crippen LogP contribution < -0.4 is 0 Å². The van der Waals surface area contributed by atoms with Gasteiger partial charge in [0.1, 0.15) is 0 Å². The normalized spacial score (nSPS) is 7.92. The standard InChI is InChI=1S/C4H6O2.C2H4.ClHO3S/c1-3-6-4(2)5;1-2;1-5(2,3)4/h3H,1H2,2H3;1-2H2;(H,2,3,4). The Morgan fingerprint density at radius 1 is 1.54 bits per heavy atom. The Labute approximate surface area is 81.9 Å². The summed E-state index contributed by atoms with van der Waals surface area (Å²) in [5.41, 5.74) is 0. The summed E-state index contributed by atoms with van der Waals surface area (Å²) in [5, 5.41) is 0. The van der Waals surface area contributed by atoms with E-state index in [9.17, 15) is 4.79 Å². The minimum absolute atomic E-state index is 0.329. The molecule has 0 spiro atoms. The maximum absolute atomic E-state index is 9.75. The fourth-order valence-corrected chi connectivity index (χ4v) is 0.117. The molecule has 0 atom stereocenters. The number of carbonyl (C=O) groups is 1. The molecule has 0 aliphatic carbocycles. The lowest BCUT2D eigenvalue weighted by atomic mass is 10.8. The summed E-state index contributed by atoms with van der Waals surface area (Å²) in [6.45, 7) is 10.5. The summed E-state index contributed by atoms with van der Waals surface area (Å²) in [6.07, 6.45) is 1.10. The number of carbonyl (C=O) groups excluding carboxylic acids is 1. The van der Waals surface area contributed by atoms with E-state index < -0.39 is 9.33 Å². The molecule has 0 radical (unpaired) electrons. The zero-order valence-electron chi connectivity index (χ0n) is 7.07. The third-order valence-electron chi connectivity index (χ3n) is 0.249. The van der Waals surface area contributed by atoms with Crippen molar-refractivity contribution >= 4 is 26.0 Å². The number of halogens is 1. The molecule has 0 aliphatic rings. The predicted molar refractivity (Wildman–Crippen MR) is 50.6 cm³/mol. The molecule has 78 valence electrons. The molecule has 0 heterocycles. The van der Waals surface area contributed by atoms with Crippen molar-refractivity contribution in [2.24, 2.45) is 0 Å². The van der Waals surface area contributed by atoms with Crippen LogP contribution >= 0.6 is 10.7 Å². The van der Waals surface area contributed by atoms with Crippen molar-refractivity contribution in [2.45, 2.75) is 6.92 Å². The summed E-state index contributed by atoms with van der Waals surface area (Å²) >= 11 is 0. The highest BCUT2D eigenvalue weighted by Gasteiger charge is 1.86. The van der Waals surface area contributed by atoms with Crippen molar-refractivity contribution in [3.63, 3.8) is 0 Å². The fraction of sp³-hybridized carbons (Fsp3) is 0.167. The number of hydrogen-bond donors (Lipinski definition) is 1. The zero-order valence-corrected chi connectivity index (χ0v) is 8.64. The monoisotopic (exact) mass is 230 g/mol. The quantitative estimate of drug-likeness (QED) is 0.243. The van der Waals surface area contributed by atoms with Crippen LogP contribution in [-0.4, -0.2) is 18.9 Å². The highest BCUT2D eigenvalue weighted by Crippen LogP contribution is 1.82. The van der Waals surface area contributed by atoms with Crippen molar-refractivity contribution in [3.05, 3.63) is 26.0 Å². The van der Waals surface area contributed by atoms with E-state index in [0.717, 1.165) is 6.26 Å². The Bertz CT molecular complexity index is 225. The van der Waals surface area contributed by atoms with Crippen LogP contribution in [0.2, 0.25) is 0 Å². The van der Waals surface area contributed by atoms with Crippen molar-refractivity contribution in [1.29, 1.82) is 0 Å². The van der Waals surface area contributed by atoms with Crippen LogP contribution in [0.3, 0.4) is 0 Å². The van der Waals surface area contributed by atoms with Crippen LogP contribution in [0.4, 0.5) is 0 Å². The minimum atomic E-state index is -4.19. The lowest BCUT2D eigenvalue weighted by molar-refractivity contribution is -0.135. The van der Waals surface area contributed by atoms with Gasteiger partial charge in [0.05, 0.1) is 6.26 Å². The van der Waals surface area contributed by atoms with E-state index in [1.807, 2.05) is 0 Å². The Balaban J connectivity index is -0.000000131. The Morgan fingerprint density at radius 3 is 1.77 bits per heavy atom. The number of rotatable bonds is 1. The summed E-state index contributed by atoms with van der Waals surface area (Å²) in [5.74, 6) is -0.329. The maximum Gasteiger partial charge on any atom is 0.353 e. The number of esters is 1. The van der Waals surface area contributed by atoms with Gasteiger partial charge in [-0.3, -0.25) is 9.35 Å². The molecule has 0 aromatic heterocycles.